The molecule has 14 heavy (non-hydrogen) atoms. The number of nitrogens with one attached hydrogen (secondary N) is 1. The molecule has 1 aromatic rings. The number of carboxylic acid groups (broad SMARTS) is 1. The summed E-state index contributed by atoms with van der Waals surface area (Å²) in [5, 5.41) is 15.3. The lowest BCUT2D eigenvalue weighted by molar-refractivity contribution is -0.142. The molecule has 1 aliphatic heterocycles. The molecule has 0 radical (unpaired) electrons. The third kappa shape index (κ3) is 1.68. The summed E-state index contributed by atoms with van der Waals surface area (Å²) in [6.45, 7) is 1.46. The highest BCUT2D eigenvalue weighted by atomic mass is 16.4. The number of carboxylic acids is 1. The van der Waals surface area contributed by atoms with Crippen molar-refractivity contribution in [1.29, 1.82) is 0 Å². The van der Waals surface area contributed by atoms with E-state index in [1.165, 1.54) is 6.33 Å². The first kappa shape index (κ1) is 8.98. The summed E-state index contributed by atoms with van der Waals surface area (Å²) in [5.41, 5.74) is 0. The monoisotopic (exact) mass is 196 g/mol. The van der Waals surface area contributed by atoms with Crippen molar-refractivity contribution < 1.29 is 9.90 Å². The van der Waals surface area contributed by atoms with Crippen molar-refractivity contribution >= 4 is 11.9 Å². The lowest BCUT2D eigenvalue weighted by Crippen LogP contribution is -2.36. The molecular formula is C8H12N4O2. The van der Waals surface area contributed by atoms with E-state index in [1.54, 1.807) is 0 Å². The molecule has 1 aliphatic rings. The summed E-state index contributed by atoms with van der Waals surface area (Å²) in [5.74, 6) is -0.162. The van der Waals surface area contributed by atoms with Crippen LogP contribution in [0, 0.1) is 5.92 Å². The second-order valence-corrected chi connectivity index (χ2v) is 3.41. The van der Waals surface area contributed by atoms with E-state index in [2.05, 4.69) is 15.2 Å². The van der Waals surface area contributed by atoms with Crippen LogP contribution in [0.2, 0.25) is 0 Å². The van der Waals surface area contributed by atoms with Crippen LogP contribution in [0.3, 0.4) is 0 Å². The van der Waals surface area contributed by atoms with E-state index < -0.39 is 5.97 Å². The van der Waals surface area contributed by atoms with Crippen molar-refractivity contribution in [1.82, 2.24) is 15.2 Å². The quantitative estimate of drug-likeness (QED) is 0.701. The molecule has 0 amide bonds. The lowest BCUT2D eigenvalue weighted by atomic mass is 9.97. The van der Waals surface area contributed by atoms with Gasteiger partial charge in [-0.15, -0.1) is 0 Å². The molecule has 2 heterocycles. The van der Waals surface area contributed by atoms with E-state index in [0.717, 1.165) is 19.0 Å². The van der Waals surface area contributed by atoms with Gasteiger partial charge in [-0.25, -0.2) is 5.10 Å². The number of carbonyl (C=O) groups is 1. The maximum Gasteiger partial charge on any atom is 0.306 e. The number of rotatable bonds is 2. The second-order valence-electron chi connectivity index (χ2n) is 3.41. The van der Waals surface area contributed by atoms with Crippen LogP contribution < -0.4 is 4.90 Å². The maximum atomic E-state index is 10.7. The highest BCUT2D eigenvalue weighted by Gasteiger charge is 2.25. The van der Waals surface area contributed by atoms with Crippen LogP contribution in [0.4, 0.5) is 5.95 Å². The van der Waals surface area contributed by atoms with Crippen LogP contribution in [0.1, 0.15) is 12.8 Å². The summed E-state index contributed by atoms with van der Waals surface area (Å²) < 4.78 is 0. The van der Waals surface area contributed by atoms with E-state index in [0.29, 0.717) is 12.8 Å². The fourth-order valence-corrected chi connectivity index (χ4v) is 1.69. The zero-order valence-corrected chi connectivity index (χ0v) is 7.68. The largest absolute Gasteiger partial charge is 0.481 e. The first-order valence-electron chi connectivity index (χ1n) is 4.60. The molecule has 1 saturated heterocycles. The number of H-pyrrole nitrogens is 1. The predicted octanol–water partition coefficient (Wildman–Crippen LogP) is 0.106. The van der Waals surface area contributed by atoms with Crippen molar-refractivity contribution in [2.45, 2.75) is 12.8 Å². The smallest absolute Gasteiger partial charge is 0.306 e. The van der Waals surface area contributed by atoms with Gasteiger partial charge in [0.1, 0.15) is 6.33 Å². The van der Waals surface area contributed by atoms with E-state index in [4.69, 9.17) is 5.11 Å². The molecule has 1 aromatic heterocycles. The van der Waals surface area contributed by atoms with Crippen LogP contribution in [-0.2, 0) is 4.79 Å². The Labute approximate surface area is 80.9 Å². The first-order chi connectivity index (χ1) is 6.77. The summed E-state index contributed by atoms with van der Waals surface area (Å²) in [7, 11) is 0. The van der Waals surface area contributed by atoms with E-state index in [-0.39, 0.29) is 5.92 Å². The number of hydrogen-bond acceptors (Lipinski definition) is 4. The molecule has 6 nitrogen and oxygen atoms in total. The molecular weight excluding hydrogens is 184 g/mol. The summed E-state index contributed by atoms with van der Waals surface area (Å²) in [6, 6.07) is 0. The van der Waals surface area contributed by atoms with Crippen LogP contribution in [0.15, 0.2) is 6.33 Å². The Morgan fingerprint density at radius 2 is 2.29 bits per heavy atom. The molecule has 2 rings (SSSR count). The molecule has 1 fully saturated rings. The predicted molar refractivity (Wildman–Crippen MR) is 49.0 cm³/mol. The van der Waals surface area contributed by atoms with Crippen LogP contribution in [0.5, 0.6) is 0 Å². The second kappa shape index (κ2) is 3.65. The Hall–Kier alpha value is -1.59. The molecule has 0 bridgehead atoms. The van der Waals surface area contributed by atoms with Crippen LogP contribution in [-0.4, -0.2) is 39.3 Å². The molecule has 0 spiro atoms. The highest BCUT2D eigenvalue weighted by molar-refractivity contribution is 5.70. The fraction of sp³-hybridized carbons (Fsp3) is 0.625. The molecule has 0 atom stereocenters. The van der Waals surface area contributed by atoms with Crippen molar-refractivity contribution in [3.05, 3.63) is 6.33 Å². The fourth-order valence-electron chi connectivity index (χ4n) is 1.69. The lowest BCUT2D eigenvalue weighted by Gasteiger charge is -2.29. The molecule has 76 valence electrons. The van der Waals surface area contributed by atoms with Gasteiger partial charge in [-0.05, 0) is 12.8 Å². The number of aromatic nitrogens is 3. The van der Waals surface area contributed by atoms with E-state index >= 15 is 0 Å². The molecule has 6 heteroatoms. The van der Waals surface area contributed by atoms with Gasteiger partial charge >= 0.3 is 5.97 Å². The molecule has 0 saturated carbocycles. The van der Waals surface area contributed by atoms with Gasteiger partial charge in [0.2, 0.25) is 5.95 Å². The third-order valence-corrected chi connectivity index (χ3v) is 2.55. The average molecular weight is 196 g/mol. The Balaban J connectivity index is 1.93. The van der Waals surface area contributed by atoms with Crippen molar-refractivity contribution in [3.63, 3.8) is 0 Å². The maximum absolute atomic E-state index is 10.7. The van der Waals surface area contributed by atoms with Crippen LogP contribution in [0.25, 0.3) is 0 Å². The van der Waals surface area contributed by atoms with E-state index in [1.807, 2.05) is 4.90 Å². The summed E-state index contributed by atoms with van der Waals surface area (Å²) in [4.78, 5) is 16.7. The van der Waals surface area contributed by atoms with Crippen molar-refractivity contribution in [2.24, 2.45) is 5.92 Å². The minimum absolute atomic E-state index is 0.200. The molecule has 0 aliphatic carbocycles. The molecule has 0 unspecified atom stereocenters. The van der Waals surface area contributed by atoms with Gasteiger partial charge in [0, 0.05) is 13.1 Å². The Morgan fingerprint density at radius 1 is 1.57 bits per heavy atom. The first-order valence-corrected chi connectivity index (χ1v) is 4.60. The number of piperidine rings is 1. The summed E-state index contributed by atoms with van der Waals surface area (Å²) in [6.07, 6.45) is 2.81. The van der Waals surface area contributed by atoms with Gasteiger partial charge in [-0.1, -0.05) is 0 Å². The summed E-state index contributed by atoms with van der Waals surface area (Å²) >= 11 is 0. The average Bonchev–Trinajstić information content (AvgIpc) is 2.71. The van der Waals surface area contributed by atoms with Crippen molar-refractivity contribution in [2.75, 3.05) is 18.0 Å². The number of aliphatic carboxylic acids is 1. The highest BCUT2D eigenvalue weighted by Crippen LogP contribution is 2.19. The third-order valence-electron chi connectivity index (χ3n) is 2.55. The van der Waals surface area contributed by atoms with Gasteiger partial charge in [-0.3, -0.25) is 4.79 Å². The van der Waals surface area contributed by atoms with Crippen LogP contribution >= 0.6 is 0 Å². The Morgan fingerprint density at radius 3 is 2.79 bits per heavy atom. The molecule has 0 aromatic carbocycles. The number of nitrogens with zero attached hydrogens (tertiary/aromatic N) is 3. The standard InChI is InChI=1S/C8H12N4O2/c13-7(14)6-1-3-12(4-2-6)8-9-5-10-11-8/h5-6H,1-4H2,(H,13,14)(H,9,10,11). The zero-order valence-electron chi connectivity index (χ0n) is 7.68. The van der Waals surface area contributed by atoms with Crippen molar-refractivity contribution in [3.8, 4) is 0 Å². The number of anilines is 1. The minimum Gasteiger partial charge on any atom is -0.481 e. The Kier molecular flexibility index (Phi) is 2.34. The van der Waals surface area contributed by atoms with Gasteiger partial charge in [0.05, 0.1) is 5.92 Å². The Bertz CT molecular complexity index is 303. The topological polar surface area (TPSA) is 82.1 Å². The zero-order chi connectivity index (χ0) is 9.97. The number of hydrogen-bond donors (Lipinski definition) is 2. The van der Waals surface area contributed by atoms with E-state index in [9.17, 15) is 4.79 Å². The normalized spacial score (nSPS) is 18.4. The van der Waals surface area contributed by atoms with Gasteiger partial charge in [-0.2, -0.15) is 10.1 Å². The SMILES string of the molecule is O=C(O)C1CCN(c2ncn[nH]2)CC1. The minimum atomic E-state index is -0.692. The van der Waals surface area contributed by atoms with Gasteiger partial charge in [0.15, 0.2) is 0 Å². The van der Waals surface area contributed by atoms with Gasteiger partial charge in [0.25, 0.3) is 0 Å². The number of aromatic amines is 1. The van der Waals surface area contributed by atoms with Gasteiger partial charge < -0.3 is 10.0 Å². The molecule has 2 N–H and O–H groups in total.